The molecule has 34 heavy (non-hydrogen) atoms. The number of rotatable bonds is 9. The SMILES string of the molecule is CCOC(=O)c1ccc(NC(=O)C[C@H]2C(=O)N(c3ccc(OCC)cc3)C(=S)N2C2CC2)cc1. The fraction of sp³-hybridized carbons (Fsp3) is 0.360. The van der Waals surface area contributed by atoms with Crippen LogP contribution in [0.2, 0.25) is 0 Å². The Labute approximate surface area is 203 Å². The van der Waals surface area contributed by atoms with Crippen molar-refractivity contribution in [3.63, 3.8) is 0 Å². The molecular weight excluding hydrogens is 454 g/mol. The molecule has 1 N–H and O–H groups in total. The maximum Gasteiger partial charge on any atom is 0.338 e. The van der Waals surface area contributed by atoms with Crippen molar-refractivity contribution in [1.82, 2.24) is 4.90 Å². The zero-order valence-corrected chi connectivity index (χ0v) is 20.0. The predicted molar refractivity (Wildman–Crippen MR) is 132 cm³/mol. The average Bonchev–Trinajstić information content (AvgIpc) is 3.62. The summed E-state index contributed by atoms with van der Waals surface area (Å²) in [7, 11) is 0. The predicted octanol–water partition coefficient (Wildman–Crippen LogP) is 3.76. The normalized spacial score (nSPS) is 17.6. The van der Waals surface area contributed by atoms with Gasteiger partial charge in [-0.1, -0.05) is 0 Å². The molecule has 1 aliphatic carbocycles. The average molecular weight is 482 g/mol. The first-order valence-corrected chi connectivity index (χ1v) is 11.8. The minimum Gasteiger partial charge on any atom is -0.494 e. The van der Waals surface area contributed by atoms with Crippen molar-refractivity contribution in [2.75, 3.05) is 23.4 Å². The number of hydrogen-bond acceptors (Lipinski definition) is 6. The van der Waals surface area contributed by atoms with E-state index < -0.39 is 12.0 Å². The van der Waals surface area contributed by atoms with Crippen molar-refractivity contribution in [3.8, 4) is 5.75 Å². The topological polar surface area (TPSA) is 88.2 Å². The first-order chi connectivity index (χ1) is 16.4. The summed E-state index contributed by atoms with van der Waals surface area (Å²) >= 11 is 5.67. The summed E-state index contributed by atoms with van der Waals surface area (Å²) in [5.74, 6) is -0.217. The van der Waals surface area contributed by atoms with Crippen molar-refractivity contribution in [1.29, 1.82) is 0 Å². The molecule has 2 aliphatic rings. The zero-order valence-electron chi connectivity index (χ0n) is 19.2. The molecule has 1 saturated carbocycles. The van der Waals surface area contributed by atoms with Gasteiger partial charge in [-0.15, -0.1) is 0 Å². The smallest absolute Gasteiger partial charge is 0.338 e. The van der Waals surface area contributed by atoms with E-state index in [1.165, 1.54) is 4.90 Å². The summed E-state index contributed by atoms with van der Waals surface area (Å²) in [6.07, 6.45) is 1.86. The molecule has 2 aromatic rings. The fourth-order valence-electron chi connectivity index (χ4n) is 3.95. The van der Waals surface area contributed by atoms with Gasteiger partial charge in [0.1, 0.15) is 11.8 Å². The molecule has 0 radical (unpaired) electrons. The van der Waals surface area contributed by atoms with Crippen LogP contribution in [0.4, 0.5) is 11.4 Å². The Morgan fingerprint density at radius 2 is 1.71 bits per heavy atom. The minimum atomic E-state index is -0.662. The van der Waals surface area contributed by atoms with E-state index in [4.69, 9.17) is 21.7 Å². The van der Waals surface area contributed by atoms with E-state index in [2.05, 4.69) is 5.32 Å². The van der Waals surface area contributed by atoms with E-state index in [1.807, 2.05) is 11.8 Å². The molecule has 0 unspecified atom stereocenters. The highest BCUT2D eigenvalue weighted by Crippen LogP contribution is 2.37. The van der Waals surface area contributed by atoms with E-state index in [9.17, 15) is 14.4 Å². The molecule has 2 amide bonds. The zero-order chi connectivity index (χ0) is 24.2. The van der Waals surface area contributed by atoms with Gasteiger partial charge in [-0.25, -0.2) is 4.79 Å². The van der Waals surface area contributed by atoms with Gasteiger partial charge in [0.15, 0.2) is 5.11 Å². The van der Waals surface area contributed by atoms with E-state index >= 15 is 0 Å². The van der Waals surface area contributed by atoms with Gasteiger partial charge in [0.05, 0.1) is 30.9 Å². The van der Waals surface area contributed by atoms with Crippen LogP contribution >= 0.6 is 12.2 Å². The Bertz CT molecular complexity index is 1080. The number of benzene rings is 2. The van der Waals surface area contributed by atoms with Crippen LogP contribution in [0, 0.1) is 0 Å². The van der Waals surface area contributed by atoms with Crippen LogP contribution in [-0.4, -0.2) is 53.1 Å². The third-order valence-electron chi connectivity index (χ3n) is 5.66. The number of nitrogens with zero attached hydrogens (tertiary/aromatic N) is 2. The lowest BCUT2D eigenvalue weighted by molar-refractivity contribution is -0.124. The van der Waals surface area contributed by atoms with Crippen LogP contribution < -0.4 is 15.0 Å². The van der Waals surface area contributed by atoms with Crippen LogP contribution in [0.3, 0.4) is 0 Å². The molecule has 0 aromatic heterocycles. The number of carbonyl (C=O) groups excluding carboxylic acids is 3. The van der Waals surface area contributed by atoms with Gasteiger partial charge in [0.25, 0.3) is 5.91 Å². The quantitative estimate of drug-likeness (QED) is 0.431. The molecule has 0 bridgehead atoms. The van der Waals surface area contributed by atoms with Crippen molar-refractivity contribution in [2.45, 2.75) is 45.2 Å². The maximum atomic E-state index is 13.4. The maximum absolute atomic E-state index is 13.4. The van der Waals surface area contributed by atoms with E-state index in [0.717, 1.165) is 12.8 Å². The van der Waals surface area contributed by atoms with Gasteiger partial charge in [0, 0.05) is 11.7 Å². The molecule has 2 fully saturated rings. The Kier molecular flexibility index (Phi) is 7.12. The summed E-state index contributed by atoms with van der Waals surface area (Å²) < 4.78 is 10.5. The number of esters is 1. The van der Waals surface area contributed by atoms with Crippen LogP contribution in [0.1, 0.15) is 43.5 Å². The van der Waals surface area contributed by atoms with Crippen LogP contribution in [0.15, 0.2) is 48.5 Å². The highest BCUT2D eigenvalue weighted by molar-refractivity contribution is 7.80. The first kappa shape index (κ1) is 23.7. The standard InChI is InChI=1S/C25H27N3O5S/c1-3-32-20-13-11-19(12-14-20)28-23(30)21(27(25(28)34)18-9-10-18)15-22(29)26-17-7-5-16(6-8-17)24(31)33-4-2/h5-8,11-14,18,21H,3-4,9-10,15H2,1-2H3,(H,26,29)/t21-/m0/s1. The molecule has 1 saturated heterocycles. The summed E-state index contributed by atoms with van der Waals surface area (Å²) in [6.45, 7) is 4.49. The molecule has 1 heterocycles. The number of anilines is 2. The van der Waals surface area contributed by atoms with Crippen molar-refractivity contribution in [3.05, 3.63) is 54.1 Å². The van der Waals surface area contributed by atoms with E-state index in [1.54, 1.807) is 55.5 Å². The third-order valence-corrected chi connectivity index (χ3v) is 6.05. The first-order valence-electron chi connectivity index (χ1n) is 11.4. The van der Waals surface area contributed by atoms with Crippen molar-refractivity contribution in [2.24, 2.45) is 0 Å². The summed E-state index contributed by atoms with van der Waals surface area (Å²) in [6, 6.07) is 13.2. The highest BCUT2D eigenvalue weighted by atomic mass is 32.1. The highest BCUT2D eigenvalue weighted by Gasteiger charge is 2.49. The molecule has 9 heteroatoms. The molecule has 4 rings (SSSR count). The number of thiocarbonyl (C=S) groups is 1. The number of amides is 2. The largest absolute Gasteiger partial charge is 0.494 e. The Morgan fingerprint density at radius 3 is 2.29 bits per heavy atom. The lowest BCUT2D eigenvalue weighted by Crippen LogP contribution is -2.39. The molecule has 1 aliphatic heterocycles. The van der Waals surface area contributed by atoms with Gasteiger partial charge in [-0.05, 0) is 87.4 Å². The minimum absolute atomic E-state index is 0.0252. The van der Waals surface area contributed by atoms with Crippen molar-refractivity contribution < 1.29 is 23.9 Å². The lowest BCUT2D eigenvalue weighted by Gasteiger charge is -2.23. The fourth-order valence-corrected chi connectivity index (χ4v) is 4.42. The van der Waals surface area contributed by atoms with E-state index in [0.29, 0.717) is 41.0 Å². The van der Waals surface area contributed by atoms with Gasteiger partial charge in [-0.2, -0.15) is 0 Å². The third kappa shape index (κ3) is 5.04. The summed E-state index contributed by atoms with van der Waals surface area (Å²) in [5, 5.41) is 3.23. The van der Waals surface area contributed by atoms with Gasteiger partial charge >= 0.3 is 5.97 Å². The molecule has 2 aromatic carbocycles. The number of nitrogens with one attached hydrogen (secondary N) is 1. The summed E-state index contributed by atoms with van der Waals surface area (Å²) in [4.78, 5) is 41.4. The van der Waals surface area contributed by atoms with Crippen LogP contribution in [0.25, 0.3) is 0 Å². The van der Waals surface area contributed by atoms with Crippen molar-refractivity contribution >= 4 is 46.5 Å². The van der Waals surface area contributed by atoms with E-state index in [-0.39, 0.29) is 24.3 Å². The molecule has 1 atom stereocenters. The van der Waals surface area contributed by atoms with Crippen LogP contribution in [-0.2, 0) is 14.3 Å². The monoisotopic (exact) mass is 481 g/mol. The Balaban J connectivity index is 1.46. The van der Waals surface area contributed by atoms with Gasteiger partial charge < -0.3 is 19.7 Å². The second kappa shape index (κ2) is 10.2. The van der Waals surface area contributed by atoms with Crippen LogP contribution in [0.5, 0.6) is 5.75 Å². The summed E-state index contributed by atoms with van der Waals surface area (Å²) in [5.41, 5.74) is 1.59. The number of ether oxygens (including phenoxy) is 2. The molecular formula is C25H27N3O5S. The number of carbonyl (C=O) groups is 3. The molecule has 0 spiro atoms. The lowest BCUT2D eigenvalue weighted by atomic mass is 10.1. The second-order valence-corrected chi connectivity index (χ2v) is 8.45. The second-order valence-electron chi connectivity index (χ2n) is 8.09. The Hall–Kier alpha value is -3.46. The van der Waals surface area contributed by atoms with Gasteiger partial charge in [-0.3, -0.25) is 14.5 Å². The Morgan fingerprint density at radius 1 is 1.03 bits per heavy atom. The molecule has 8 nitrogen and oxygen atoms in total. The number of hydrogen-bond donors (Lipinski definition) is 1. The van der Waals surface area contributed by atoms with Gasteiger partial charge in [0.2, 0.25) is 5.91 Å². The molecule has 178 valence electrons.